The van der Waals surface area contributed by atoms with Gasteiger partial charge in [-0.2, -0.15) is 0 Å². The molecule has 8 heteroatoms. The third-order valence-electron chi connectivity index (χ3n) is 5.68. The van der Waals surface area contributed by atoms with E-state index in [1.807, 2.05) is 50.2 Å². The van der Waals surface area contributed by atoms with Crippen LogP contribution in [-0.4, -0.2) is 20.2 Å². The maximum atomic E-state index is 12.8. The van der Waals surface area contributed by atoms with Crippen LogP contribution >= 0.6 is 0 Å². The van der Waals surface area contributed by atoms with E-state index in [1.54, 1.807) is 24.3 Å². The Hall–Kier alpha value is -3.65. The monoisotopic (exact) mass is 477 g/mol. The molecule has 2 amide bonds. The second-order valence-corrected chi connectivity index (χ2v) is 10.3. The molecule has 0 radical (unpaired) electrons. The standard InChI is InChI=1S/C26H27N3O4S/c1-17-6-12-23(13-7-17)29-34(32,33)24-5-3-4-21(16-24)26(31)27-18(2)19-10-14-22(15-11-19)28-25(30)20-8-9-20/h3-7,10-16,18,20,29H,8-9H2,1-2H3,(H,27,31)(H,28,30). The summed E-state index contributed by atoms with van der Waals surface area (Å²) in [6.45, 7) is 3.76. The zero-order valence-electron chi connectivity index (χ0n) is 19.0. The summed E-state index contributed by atoms with van der Waals surface area (Å²) >= 11 is 0. The Bertz CT molecular complexity index is 1300. The van der Waals surface area contributed by atoms with Crippen LogP contribution in [-0.2, 0) is 14.8 Å². The van der Waals surface area contributed by atoms with Crippen LogP contribution in [0.1, 0.15) is 47.3 Å². The minimum Gasteiger partial charge on any atom is -0.346 e. The number of rotatable bonds is 8. The molecule has 34 heavy (non-hydrogen) atoms. The van der Waals surface area contributed by atoms with Crippen molar-refractivity contribution in [1.29, 1.82) is 0 Å². The molecule has 0 bridgehead atoms. The van der Waals surface area contributed by atoms with Crippen LogP contribution in [0, 0.1) is 12.8 Å². The lowest BCUT2D eigenvalue weighted by Crippen LogP contribution is -2.27. The molecular weight excluding hydrogens is 450 g/mol. The molecule has 1 aliphatic rings. The Morgan fingerprint density at radius 1 is 0.912 bits per heavy atom. The highest BCUT2D eigenvalue weighted by Crippen LogP contribution is 2.30. The molecule has 0 heterocycles. The molecule has 0 aliphatic heterocycles. The first kappa shape index (κ1) is 23.5. The second kappa shape index (κ2) is 9.69. The summed E-state index contributed by atoms with van der Waals surface area (Å²) < 4.78 is 28.1. The Morgan fingerprint density at radius 2 is 1.56 bits per heavy atom. The van der Waals surface area contributed by atoms with Crippen molar-refractivity contribution in [3.63, 3.8) is 0 Å². The van der Waals surface area contributed by atoms with E-state index in [0.29, 0.717) is 5.69 Å². The van der Waals surface area contributed by atoms with E-state index in [-0.39, 0.29) is 34.2 Å². The first-order valence-corrected chi connectivity index (χ1v) is 12.6. The lowest BCUT2D eigenvalue weighted by atomic mass is 10.1. The third-order valence-corrected chi connectivity index (χ3v) is 7.06. The Labute approximate surface area is 199 Å². The first-order valence-electron chi connectivity index (χ1n) is 11.1. The Balaban J connectivity index is 1.41. The van der Waals surface area contributed by atoms with Crippen LogP contribution in [0.3, 0.4) is 0 Å². The number of hydrogen-bond acceptors (Lipinski definition) is 4. The van der Waals surface area contributed by atoms with Crippen molar-refractivity contribution >= 4 is 33.2 Å². The van der Waals surface area contributed by atoms with Crippen LogP contribution < -0.4 is 15.4 Å². The molecule has 0 aromatic heterocycles. The number of amides is 2. The minimum absolute atomic E-state index is 0.00383. The lowest BCUT2D eigenvalue weighted by molar-refractivity contribution is -0.117. The van der Waals surface area contributed by atoms with E-state index >= 15 is 0 Å². The number of sulfonamides is 1. The number of aryl methyl sites for hydroxylation is 1. The van der Waals surface area contributed by atoms with Gasteiger partial charge in [0.2, 0.25) is 5.91 Å². The minimum atomic E-state index is -3.84. The molecule has 1 atom stereocenters. The van der Waals surface area contributed by atoms with Crippen molar-refractivity contribution in [2.24, 2.45) is 5.92 Å². The molecule has 3 aromatic rings. The van der Waals surface area contributed by atoms with Crippen LogP contribution in [0.25, 0.3) is 0 Å². The van der Waals surface area contributed by atoms with Crippen molar-refractivity contribution in [1.82, 2.24) is 5.32 Å². The number of nitrogens with one attached hydrogen (secondary N) is 3. The van der Waals surface area contributed by atoms with Gasteiger partial charge in [0.15, 0.2) is 0 Å². The van der Waals surface area contributed by atoms with E-state index in [9.17, 15) is 18.0 Å². The van der Waals surface area contributed by atoms with Gasteiger partial charge in [-0.15, -0.1) is 0 Å². The summed E-state index contributed by atoms with van der Waals surface area (Å²) in [7, 11) is -3.84. The van der Waals surface area contributed by atoms with E-state index in [2.05, 4.69) is 15.4 Å². The average molecular weight is 478 g/mol. The van der Waals surface area contributed by atoms with Crippen molar-refractivity contribution < 1.29 is 18.0 Å². The molecule has 0 saturated heterocycles. The molecule has 7 nitrogen and oxygen atoms in total. The molecule has 1 fully saturated rings. The molecule has 3 N–H and O–H groups in total. The van der Waals surface area contributed by atoms with E-state index in [4.69, 9.17) is 0 Å². The SMILES string of the molecule is Cc1ccc(NS(=O)(=O)c2cccc(C(=O)NC(C)c3ccc(NC(=O)C4CC4)cc3)c2)cc1. The van der Waals surface area contributed by atoms with Crippen molar-refractivity contribution in [3.05, 3.63) is 89.5 Å². The summed E-state index contributed by atoms with van der Waals surface area (Å²) in [5, 5.41) is 5.78. The molecule has 1 saturated carbocycles. The van der Waals surface area contributed by atoms with Gasteiger partial charge in [0.1, 0.15) is 0 Å². The smallest absolute Gasteiger partial charge is 0.261 e. The van der Waals surface area contributed by atoms with Gasteiger partial charge in [-0.1, -0.05) is 35.9 Å². The fourth-order valence-electron chi connectivity index (χ4n) is 3.45. The van der Waals surface area contributed by atoms with Gasteiger partial charge < -0.3 is 10.6 Å². The molecule has 1 unspecified atom stereocenters. The summed E-state index contributed by atoms with van der Waals surface area (Å²) in [5.74, 6) is -0.212. The van der Waals surface area contributed by atoms with Gasteiger partial charge >= 0.3 is 0 Å². The Morgan fingerprint density at radius 3 is 2.21 bits per heavy atom. The highest BCUT2D eigenvalue weighted by Gasteiger charge is 2.29. The van der Waals surface area contributed by atoms with E-state index in [0.717, 1.165) is 29.7 Å². The molecular formula is C26H27N3O4S. The number of carbonyl (C=O) groups is 2. The predicted octanol–water partition coefficient (Wildman–Crippen LogP) is 4.64. The topological polar surface area (TPSA) is 104 Å². The summed E-state index contributed by atoms with van der Waals surface area (Å²) in [6.07, 6.45) is 1.88. The molecule has 176 valence electrons. The van der Waals surface area contributed by atoms with Crippen LogP contribution in [0.2, 0.25) is 0 Å². The quantitative estimate of drug-likeness (QED) is 0.440. The third kappa shape index (κ3) is 5.82. The highest BCUT2D eigenvalue weighted by atomic mass is 32.2. The summed E-state index contributed by atoms with van der Waals surface area (Å²) in [6, 6.07) is 19.9. The van der Waals surface area contributed by atoms with Crippen LogP contribution in [0.4, 0.5) is 11.4 Å². The van der Waals surface area contributed by atoms with Crippen LogP contribution in [0.15, 0.2) is 77.7 Å². The number of anilines is 2. The fraction of sp³-hybridized carbons (Fsp3) is 0.231. The van der Waals surface area contributed by atoms with Crippen molar-refractivity contribution in [2.45, 2.75) is 37.6 Å². The molecule has 4 rings (SSSR count). The van der Waals surface area contributed by atoms with Gasteiger partial charge in [-0.05, 0) is 74.7 Å². The summed E-state index contributed by atoms with van der Waals surface area (Å²) in [4.78, 5) is 24.7. The Kier molecular flexibility index (Phi) is 6.70. The van der Waals surface area contributed by atoms with Gasteiger partial charge in [-0.3, -0.25) is 14.3 Å². The van der Waals surface area contributed by atoms with Gasteiger partial charge in [0, 0.05) is 22.9 Å². The number of hydrogen-bond donors (Lipinski definition) is 3. The fourth-order valence-corrected chi connectivity index (χ4v) is 4.55. The number of carbonyl (C=O) groups excluding carboxylic acids is 2. The second-order valence-electron chi connectivity index (χ2n) is 8.58. The van der Waals surface area contributed by atoms with Gasteiger partial charge in [0.05, 0.1) is 10.9 Å². The zero-order chi connectivity index (χ0) is 24.3. The van der Waals surface area contributed by atoms with Gasteiger partial charge in [0.25, 0.3) is 15.9 Å². The van der Waals surface area contributed by atoms with Crippen molar-refractivity contribution in [2.75, 3.05) is 10.0 Å². The molecule has 3 aromatic carbocycles. The average Bonchev–Trinajstić information content (AvgIpc) is 3.67. The largest absolute Gasteiger partial charge is 0.346 e. The highest BCUT2D eigenvalue weighted by molar-refractivity contribution is 7.92. The van der Waals surface area contributed by atoms with Crippen LogP contribution in [0.5, 0.6) is 0 Å². The summed E-state index contributed by atoms with van der Waals surface area (Å²) in [5.41, 5.74) is 3.30. The molecule has 0 spiro atoms. The van der Waals surface area contributed by atoms with E-state index in [1.165, 1.54) is 12.1 Å². The first-order chi connectivity index (χ1) is 16.2. The van der Waals surface area contributed by atoms with Crippen molar-refractivity contribution in [3.8, 4) is 0 Å². The van der Waals surface area contributed by atoms with Gasteiger partial charge in [-0.25, -0.2) is 8.42 Å². The lowest BCUT2D eigenvalue weighted by Gasteiger charge is -2.16. The normalized spacial score (nSPS) is 14.2. The zero-order valence-corrected chi connectivity index (χ0v) is 19.9. The van der Waals surface area contributed by atoms with E-state index < -0.39 is 10.0 Å². The maximum absolute atomic E-state index is 12.8. The maximum Gasteiger partial charge on any atom is 0.261 e. The number of benzene rings is 3. The predicted molar refractivity (Wildman–Crippen MR) is 132 cm³/mol. The molecule has 1 aliphatic carbocycles.